The summed E-state index contributed by atoms with van der Waals surface area (Å²) in [5.41, 5.74) is -3.00. The summed E-state index contributed by atoms with van der Waals surface area (Å²) in [6.45, 7) is 6.48. The molecule has 2 bridgehead atoms. The van der Waals surface area contributed by atoms with Gasteiger partial charge in [0.05, 0.1) is 12.2 Å². The zero-order valence-electron chi connectivity index (χ0n) is 21.4. The summed E-state index contributed by atoms with van der Waals surface area (Å²) < 4.78 is 69.3. The van der Waals surface area contributed by atoms with Crippen molar-refractivity contribution in [1.29, 1.82) is 0 Å². The maximum absolute atomic E-state index is 13.3. The first-order valence-corrected chi connectivity index (χ1v) is 13.1. The largest absolute Gasteiger partial charge is 0.491 e. The van der Waals surface area contributed by atoms with E-state index in [9.17, 15) is 18.0 Å². The molecule has 0 amide bonds. The lowest BCUT2D eigenvalue weighted by molar-refractivity contribution is -0.577. The molecule has 1 aromatic heterocycles. The fraction of sp³-hybridized carbons (Fsp3) is 0.667. The summed E-state index contributed by atoms with van der Waals surface area (Å²) in [6, 6.07) is 4.35. The van der Waals surface area contributed by atoms with Crippen molar-refractivity contribution < 1.29 is 46.3 Å². The second-order valence-corrected chi connectivity index (χ2v) is 11.1. The van der Waals surface area contributed by atoms with Crippen molar-refractivity contribution in [3.63, 3.8) is 0 Å². The van der Waals surface area contributed by atoms with Crippen LogP contribution in [0.5, 0.6) is 5.75 Å². The highest BCUT2D eigenvalue weighted by molar-refractivity contribution is 5.82. The number of rotatable bonds is 5. The van der Waals surface area contributed by atoms with Crippen molar-refractivity contribution in [1.82, 2.24) is 0 Å². The normalized spacial score (nSPS) is 38.6. The van der Waals surface area contributed by atoms with Crippen molar-refractivity contribution in [2.24, 2.45) is 23.7 Å². The number of fused-ring (bicyclic) bond motifs is 3. The van der Waals surface area contributed by atoms with Crippen LogP contribution in [0.2, 0.25) is 0 Å². The van der Waals surface area contributed by atoms with Gasteiger partial charge in [0.1, 0.15) is 17.9 Å². The van der Waals surface area contributed by atoms with Crippen molar-refractivity contribution in [2.45, 2.75) is 76.6 Å². The van der Waals surface area contributed by atoms with Crippen LogP contribution in [0.25, 0.3) is 11.0 Å². The molecule has 8 atom stereocenters. The van der Waals surface area contributed by atoms with Crippen molar-refractivity contribution in [2.75, 3.05) is 13.2 Å². The zero-order chi connectivity index (χ0) is 26.9. The predicted octanol–water partition coefficient (Wildman–Crippen LogP) is 5.42. The lowest BCUT2D eigenvalue weighted by Crippen LogP contribution is -2.70. The van der Waals surface area contributed by atoms with Gasteiger partial charge >= 0.3 is 11.8 Å². The molecule has 1 aromatic carbocycles. The Morgan fingerprint density at radius 3 is 2.66 bits per heavy atom. The molecule has 208 valence electrons. The van der Waals surface area contributed by atoms with E-state index in [4.69, 9.17) is 33.1 Å². The third-order valence-corrected chi connectivity index (χ3v) is 8.75. The van der Waals surface area contributed by atoms with Crippen LogP contribution in [0.3, 0.4) is 0 Å². The molecule has 4 saturated heterocycles. The molecule has 8 nitrogen and oxygen atoms in total. The zero-order valence-corrected chi connectivity index (χ0v) is 21.4. The quantitative estimate of drug-likeness (QED) is 0.283. The molecule has 7 rings (SSSR count). The highest BCUT2D eigenvalue weighted by atomic mass is 19.4. The number of hydrogen-bond acceptors (Lipinski definition) is 8. The van der Waals surface area contributed by atoms with Gasteiger partial charge in [0, 0.05) is 35.8 Å². The molecule has 11 heteroatoms. The Labute approximate surface area is 217 Å². The van der Waals surface area contributed by atoms with Gasteiger partial charge in [-0.1, -0.05) is 13.8 Å². The highest BCUT2D eigenvalue weighted by Gasteiger charge is 2.69. The van der Waals surface area contributed by atoms with Gasteiger partial charge in [-0.2, -0.15) is 13.2 Å². The maximum atomic E-state index is 13.3. The Hall–Kier alpha value is -2.18. The summed E-state index contributed by atoms with van der Waals surface area (Å²) in [4.78, 5) is 23.6. The topological polar surface area (TPSA) is 85.6 Å². The van der Waals surface area contributed by atoms with Crippen molar-refractivity contribution >= 4 is 11.0 Å². The van der Waals surface area contributed by atoms with Gasteiger partial charge in [-0.15, -0.1) is 0 Å². The standard InChI is InChI=1S/C27H31F3O8/c1-14-4-7-19-15(2)23(35-24-26(19)18(14)8-9-25(3,36-24)37-38-26)33-11-10-32-16-5-6-17-20(27(28,29)30)13-22(31)34-21(17)12-16/h5-6,12-15,18-19,23-24H,4,7-11H2,1-3H3/t14-,15-,18+,19+,23+,24-,25-,26-/m1/s1. The number of halogens is 3. The van der Waals surface area contributed by atoms with E-state index in [2.05, 4.69) is 13.8 Å². The molecule has 0 unspecified atom stereocenters. The molecule has 1 spiro atoms. The molecular formula is C27H31F3O8. The van der Waals surface area contributed by atoms with Crippen LogP contribution < -0.4 is 10.4 Å². The third kappa shape index (κ3) is 4.23. The first-order valence-electron chi connectivity index (χ1n) is 13.1. The minimum absolute atomic E-state index is 0.00615. The molecule has 2 aromatic rings. The van der Waals surface area contributed by atoms with Crippen LogP contribution >= 0.6 is 0 Å². The number of hydrogen-bond donors (Lipinski definition) is 0. The van der Waals surface area contributed by atoms with Crippen LogP contribution in [0, 0.1) is 23.7 Å². The first-order chi connectivity index (χ1) is 18.0. The summed E-state index contributed by atoms with van der Waals surface area (Å²) >= 11 is 0. The minimum atomic E-state index is -4.68. The predicted molar refractivity (Wildman–Crippen MR) is 126 cm³/mol. The molecule has 1 aliphatic carbocycles. The average Bonchev–Trinajstić information content (AvgIpc) is 3.09. The van der Waals surface area contributed by atoms with Gasteiger partial charge in [0.15, 0.2) is 18.2 Å². The summed E-state index contributed by atoms with van der Waals surface area (Å²) in [5, 5.41) is -0.211. The molecule has 38 heavy (non-hydrogen) atoms. The lowest BCUT2D eigenvalue weighted by atomic mass is 9.58. The minimum Gasteiger partial charge on any atom is -0.491 e. The van der Waals surface area contributed by atoms with Crippen LogP contribution in [0.15, 0.2) is 33.5 Å². The van der Waals surface area contributed by atoms with Gasteiger partial charge in [0.2, 0.25) is 5.79 Å². The third-order valence-electron chi connectivity index (χ3n) is 8.75. The fourth-order valence-corrected chi connectivity index (χ4v) is 6.85. The number of ether oxygens (including phenoxy) is 4. The molecule has 0 radical (unpaired) electrons. The van der Waals surface area contributed by atoms with E-state index in [1.807, 2.05) is 6.92 Å². The first kappa shape index (κ1) is 26.1. The summed E-state index contributed by atoms with van der Waals surface area (Å²) in [5.74, 6) is 0.235. The highest BCUT2D eigenvalue weighted by Crippen LogP contribution is 2.60. The SMILES string of the molecule is C[C@H]1[C@@H](OCCOc2ccc3c(C(F)(F)F)cc(=O)oc3c2)O[C@@H]2O[C@@]3(C)CC[C@H]4[C@H](C)CC[C@@H]1[C@@]24OO3. The summed E-state index contributed by atoms with van der Waals surface area (Å²) in [7, 11) is 0. The molecule has 5 fully saturated rings. The molecule has 5 aliphatic rings. The van der Waals surface area contributed by atoms with E-state index in [-0.39, 0.29) is 47.7 Å². The fourth-order valence-electron chi connectivity index (χ4n) is 6.85. The second kappa shape index (κ2) is 9.19. The molecule has 5 heterocycles. The maximum Gasteiger partial charge on any atom is 0.417 e. The number of benzene rings is 1. The Kier molecular flexibility index (Phi) is 6.31. The van der Waals surface area contributed by atoms with Crippen LogP contribution in [-0.4, -0.2) is 37.2 Å². The van der Waals surface area contributed by atoms with Gasteiger partial charge in [-0.05, 0) is 50.2 Å². The van der Waals surface area contributed by atoms with Crippen molar-refractivity contribution in [3.8, 4) is 5.75 Å². The average molecular weight is 541 g/mol. The van der Waals surface area contributed by atoms with Gasteiger partial charge in [-0.3, -0.25) is 0 Å². The van der Waals surface area contributed by atoms with Gasteiger partial charge in [0.25, 0.3) is 0 Å². The molecule has 0 N–H and O–H groups in total. The second-order valence-electron chi connectivity index (χ2n) is 11.1. The van der Waals surface area contributed by atoms with E-state index >= 15 is 0 Å². The van der Waals surface area contributed by atoms with E-state index in [1.54, 1.807) is 0 Å². The van der Waals surface area contributed by atoms with Crippen LogP contribution in [0.1, 0.15) is 52.0 Å². The van der Waals surface area contributed by atoms with E-state index in [0.29, 0.717) is 12.0 Å². The Morgan fingerprint density at radius 2 is 1.87 bits per heavy atom. The summed E-state index contributed by atoms with van der Waals surface area (Å²) in [6.07, 6.45) is -2.15. The van der Waals surface area contributed by atoms with E-state index in [0.717, 1.165) is 25.7 Å². The Morgan fingerprint density at radius 1 is 1.05 bits per heavy atom. The van der Waals surface area contributed by atoms with Crippen LogP contribution in [-0.2, 0) is 30.2 Å². The Bertz CT molecular complexity index is 1260. The molecule has 4 aliphatic heterocycles. The lowest BCUT2D eigenvalue weighted by Gasteiger charge is -2.60. The monoisotopic (exact) mass is 540 g/mol. The van der Waals surface area contributed by atoms with E-state index in [1.165, 1.54) is 18.2 Å². The van der Waals surface area contributed by atoms with Crippen LogP contribution in [0.4, 0.5) is 13.2 Å². The molecular weight excluding hydrogens is 509 g/mol. The molecule has 1 saturated carbocycles. The Balaban J connectivity index is 1.13. The van der Waals surface area contributed by atoms with Gasteiger partial charge in [-0.25, -0.2) is 14.6 Å². The van der Waals surface area contributed by atoms with Gasteiger partial charge < -0.3 is 23.4 Å². The van der Waals surface area contributed by atoms with Crippen molar-refractivity contribution in [3.05, 3.63) is 40.2 Å². The number of alkyl halides is 3. The smallest absolute Gasteiger partial charge is 0.417 e. The van der Waals surface area contributed by atoms with E-state index < -0.39 is 41.3 Å².